The Morgan fingerprint density at radius 2 is 2.04 bits per heavy atom. The molecule has 24 heavy (non-hydrogen) atoms. The number of hydrogen-bond donors (Lipinski definition) is 2. The first kappa shape index (κ1) is 15.9. The van der Waals surface area contributed by atoms with Crippen molar-refractivity contribution in [3.05, 3.63) is 59.8 Å². The molecule has 0 saturated carbocycles. The van der Waals surface area contributed by atoms with Crippen molar-refractivity contribution in [1.82, 2.24) is 20.0 Å². The van der Waals surface area contributed by atoms with Crippen molar-refractivity contribution in [2.45, 2.75) is 26.2 Å². The maximum Gasteiger partial charge on any atom is 0.231 e. The monoisotopic (exact) mass is 327 g/mol. The fourth-order valence-electron chi connectivity index (χ4n) is 2.24. The van der Waals surface area contributed by atoms with Gasteiger partial charge in [0.15, 0.2) is 5.82 Å². The van der Waals surface area contributed by atoms with E-state index in [0.717, 1.165) is 11.4 Å². The van der Waals surface area contributed by atoms with Gasteiger partial charge in [-0.2, -0.15) is 10.2 Å². The Hall–Kier alpha value is -2.96. The minimum Gasteiger partial charge on any atom is -0.309 e. The number of hydrogen-bond acceptors (Lipinski definition) is 3. The maximum absolute atomic E-state index is 12.9. The summed E-state index contributed by atoms with van der Waals surface area (Å²) in [5.41, 5.74) is 2.32. The minimum atomic E-state index is -0.301. The predicted octanol–water partition coefficient (Wildman–Crippen LogP) is 3.04. The fourth-order valence-corrected chi connectivity index (χ4v) is 2.24. The summed E-state index contributed by atoms with van der Waals surface area (Å²) in [4.78, 5) is 12.1. The van der Waals surface area contributed by atoms with E-state index < -0.39 is 0 Å². The number of halogens is 1. The summed E-state index contributed by atoms with van der Waals surface area (Å²) >= 11 is 0. The van der Waals surface area contributed by atoms with Gasteiger partial charge < -0.3 is 5.32 Å². The number of nitrogens with zero attached hydrogens (tertiary/aromatic N) is 3. The molecule has 2 N–H and O–H groups in total. The van der Waals surface area contributed by atoms with E-state index in [0.29, 0.717) is 17.4 Å². The third kappa shape index (κ3) is 3.68. The lowest BCUT2D eigenvalue weighted by molar-refractivity contribution is -0.115. The van der Waals surface area contributed by atoms with Gasteiger partial charge in [-0.05, 0) is 36.2 Å². The van der Waals surface area contributed by atoms with Gasteiger partial charge in [-0.3, -0.25) is 9.89 Å². The fraction of sp³-hybridized carbons (Fsp3) is 0.235. The molecule has 0 aliphatic heterocycles. The summed E-state index contributed by atoms with van der Waals surface area (Å²) in [5, 5.41) is 14.0. The Morgan fingerprint density at radius 1 is 1.29 bits per heavy atom. The SMILES string of the molecule is CC(C)c1cc(NC(=O)Cc2ccn(-c3ccc(F)cc3)n2)n[nH]1. The number of aromatic amines is 1. The van der Waals surface area contributed by atoms with E-state index in [1.165, 1.54) is 12.1 Å². The van der Waals surface area contributed by atoms with Crippen LogP contribution in [0, 0.1) is 5.82 Å². The number of H-pyrrole nitrogens is 1. The van der Waals surface area contributed by atoms with Crippen LogP contribution in [0.1, 0.15) is 31.2 Å². The number of carbonyl (C=O) groups is 1. The van der Waals surface area contributed by atoms with Gasteiger partial charge in [0.25, 0.3) is 0 Å². The molecule has 1 aromatic carbocycles. The summed E-state index contributed by atoms with van der Waals surface area (Å²) in [6, 6.07) is 9.57. The Balaban J connectivity index is 1.63. The number of anilines is 1. The quantitative estimate of drug-likeness (QED) is 0.756. The number of amides is 1. The van der Waals surface area contributed by atoms with E-state index in [1.54, 1.807) is 29.1 Å². The Labute approximate surface area is 138 Å². The van der Waals surface area contributed by atoms with Crippen molar-refractivity contribution < 1.29 is 9.18 Å². The number of aromatic nitrogens is 4. The normalized spacial score (nSPS) is 11.0. The molecule has 0 bridgehead atoms. The molecule has 0 aliphatic carbocycles. The first-order valence-electron chi connectivity index (χ1n) is 7.67. The minimum absolute atomic E-state index is 0.137. The van der Waals surface area contributed by atoms with Crippen molar-refractivity contribution >= 4 is 11.7 Å². The van der Waals surface area contributed by atoms with Gasteiger partial charge in [0.2, 0.25) is 5.91 Å². The van der Waals surface area contributed by atoms with Crippen LogP contribution in [0.3, 0.4) is 0 Å². The van der Waals surface area contributed by atoms with Crippen LogP contribution in [-0.4, -0.2) is 25.9 Å². The number of nitrogens with one attached hydrogen (secondary N) is 2. The summed E-state index contributed by atoms with van der Waals surface area (Å²) in [5.74, 6) is 0.322. The van der Waals surface area contributed by atoms with Crippen molar-refractivity contribution in [2.75, 3.05) is 5.32 Å². The molecule has 0 spiro atoms. The summed E-state index contributed by atoms with van der Waals surface area (Å²) in [7, 11) is 0. The molecule has 2 heterocycles. The molecule has 3 aromatic rings. The Morgan fingerprint density at radius 3 is 2.71 bits per heavy atom. The third-order valence-corrected chi connectivity index (χ3v) is 3.56. The highest BCUT2D eigenvalue weighted by Gasteiger charge is 2.11. The van der Waals surface area contributed by atoms with E-state index in [1.807, 2.05) is 19.9 Å². The van der Waals surface area contributed by atoms with Gasteiger partial charge in [-0.1, -0.05) is 13.8 Å². The predicted molar refractivity (Wildman–Crippen MR) is 88.5 cm³/mol. The van der Waals surface area contributed by atoms with E-state index in [-0.39, 0.29) is 18.1 Å². The average molecular weight is 327 g/mol. The largest absolute Gasteiger partial charge is 0.309 e. The van der Waals surface area contributed by atoms with Gasteiger partial charge in [-0.25, -0.2) is 9.07 Å². The zero-order chi connectivity index (χ0) is 17.1. The molecule has 124 valence electrons. The zero-order valence-electron chi connectivity index (χ0n) is 13.5. The highest BCUT2D eigenvalue weighted by Crippen LogP contribution is 2.15. The second-order valence-corrected chi connectivity index (χ2v) is 5.82. The highest BCUT2D eigenvalue weighted by molar-refractivity contribution is 5.91. The van der Waals surface area contributed by atoms with Gasteiger partial charge in [0.05, 0.1) is 17.8 Å². The van der Waals surface area contributed by atoms with Crippen LogP contribution in [0.15, 0.2) is 42.6 Å². The maximum atomic E-state index is 12.9. The lowest BCUT2D eigenvalue weighted by Crippen LogP contribution is -2.15. The molecular weight excluding hydrogens is 309 g/mol. The molecule has 0 unspecified atom stereocenters. The molecule has 0 atom stereocenters. The first-order chi connectivity index (χ1) is 11.5. The summed E-state index contributed by atoms with van der Waals surface area (Å²) in [6.45, 7) is 4.09. The van der Waals surface area contributed by atoms with Crippen LogP contribution in [0.25, 0.3) is 5.69 Å². The van der Waals surface area contributed by atoms with E-state index >= 15 is 0 Å². The molecule has 0 radical (unpaired) electrons. The molecule has 0 aliphatic rings. The summed E-state index contributed by atoms with van der Waals surface area (Å²) < 4.78 is 14.6. The van der Waals surface area contributed by atoms with E-state index in [4.69, 9.17) is 0 Å². The van der Waals surface area contributed by atoms with Crippen molar-refractivity contribution in [1.29, 1.82) is 0 Å². The van der Waals surface area contributed by atoms with Crippen molar-refractivity contribution in [3.63, 3.8) is 0 Å². The molecule has 1 amide bonds. The van der Waals surface area contributed by atoms with Crippen LogP contribution in [0.2, 0.25) is 0 Å². The van der Waals surface area contributed by atoms with Gasteiger partial charge >= 0.3 is 0 Å². The lowest BCUT2D eigenvalue weighted by atomic mass is 10.1. The molecule has 3 rings (SSSR count). The summed E-state index contributed by atoms with van der Waals surface area (Å²) in [6.07, 6.45) is 1.87. The Kier molecular flexibility index (Phi) is 4.41. The lowest BCUT2D eigenvalue weighted by Gasteiger charge is -2.01. The van der Waals surface area contributed by atoms with E-state index in [9.17, 15) is 9.18 Å². The second kappa shape index (κ2) is 6.66. The number of rotatable bonds is 5. The molecular formula is C17H18FN5O. The zero-order valence-corrected chi connectivity index (χ0v) is 13.5. The standard InChI is InChI=1S/C17H18FN5O/c1-11(2)15-10-16(21-20-15)19-17(24)9-13-7-8-23(22-13)14-5-3-12(18)4-6-14/h3-8,10-11H,9H2,1-2H3,(H2,19,20,21,24). The smallest absolute Gasteiger partial charge is 0.231 e. The number of benzene rings is 1. The molecule has 0 fully saturated rings. The molecule has 7 heteroatoms. The number of carbonyl (C=O) groups excluding carboxylic acids is 1. The van der Waals surface area contributed by atoms with Crippen molar-refractivity contribution in [2.24, 2.45) is 0 Å². The second-order valence-electron chi connectivity index (χ2n) is 5.82. The van der Waals surface area contributed by atoms with Crippen LogP contribution in [-0.2, 0) is 11.2 Å². The molecule has 6 nitrogen and oxygen atoms in total. The van der Waals surface area contributed by atoms with Crippen LogP contribution < -0.4 is 5.32 Å². The Bertz CT molecular complexity index is 835. The van der Waals surface area contributed by atoms with Crippen LogP contribution in [0.5, 0.6) is 0 Å². The topological polar surface area (TPSA) is 75.6 Å². The molecule has 2 aromatic heterocycles. The third-order valence-electron chi connectivity index (χ3n) is 3.56. The van der Waals surface area contributed by atoms with Gasteiger partial charge in [0.1, 0.15) is 5.82 Å². The van der Waals surface area contributed by atoms with Gasteiger partial charge in [0, 0.05) is 18.0 Å². The van der Waals surface area contributed by atoms with Crippen LogP contribution >= 0.6 is 0 Å². The van der Waals surface area contributed by atoms with Crippen molar-refractivity contribution in [3.8, 4) is 5.69 Å². The molecule has 0 saturated heterocycles. The van der Waals surface area contributed by atoms with Gasteiger partial charge in [-0.15, -0.1) is 0 Å². The van der Waals surface area contributed by atoms with Crippen LogP contribution in [0.4, 0.5) is 10.2 Å². The average Bonchev–Trinajstić information content (AvgIpc) is 3.17. The van der Waals surface area contributed by atoms with E-state index in [2.05, 4.69) is 20.6 Å². The first-order valence-corrected chi connectivity index (χ1v) is 7.67. The highest BCUT2D eigenvalue weighted by atomic mass is 19.1.